The summed E-state index contributed by atoms with van der Waals surface area (Å²) >= 11 is 0. The second-order valence-electron chi connectivity index (χ2n) is 3.33. The Kier molecular flexibility index (Phi) is 3.49. The van der Waals surface area contributed by atoms with Gasteiger partial charge in [-0.2, -0.15) is 0 Å². The highest BCUT2D eigenvalue weighted by atomic mass is 19.1. The maximum atomic E-state index is 12.7. The van der Waals surface area contributed by atoms with E-state index in [0.29, 0.717) is 17.4 Å². The molecule has 0 saturated carbocycles. The first-order valence-electron chi connectivity index (χ1n) is 5.27. The molecule has 1 aromatic carbocycles. The van der Waals surface area contributed by atoms with Gasteiger partial charge in [-0.3, -0.25) is 0 Å². The average molecular weight is 233 g/mol. The molecular weight excluding hydrogens is 221 g/mol. The Bertz CT molecular complexity index is 487. The number of hydrogen-bond donors (Lipinski definition) is 1. The fraction of sp³-hybridized carbons (Fsp3) is 0.167. The van der Waals surface area contributed by atoms with Crippen molar-refractivity contribution in [1.29, 1.82) is 0 Å². The minimum atomic E-state index is -0.298. The smallest absolute Gasteiger partial charge is 0.224 e. The summed E-state index contributed by atoms with van der Waals surface area (Å²) in [5, 5.41) is 3.05. The van der Waals surface area contributed by atoms with E-state index in [-0.39, 0.29) is 5.82 Å². The summed E-state index contributed by atoms with van der Waals surface area (Å²) in [7, 11) is 0. The van der Waals surface area contributed by atoms with E-state index in [0.717, 1.165) is 6.54 Å². The zero-order valence-electron chi connectivity index (χ0n) is 9.35. The Hall–Kier alpha value is -2.17. The van der Waals surface area contributed by atoms with Gasteiger partial charge in [-0.05, 0) is 31.2 Å². The van der Waals surface area contributed by atoms with Gasteiger partial charge in [0.05, 0.1) is 0 Å². The molecule has 0 fully saturated rings. The SMILES string of the molecule is CCNc1cc(Oc2ccc(F)cc2)ncn1. The van der Waals surface area contributed by atoms with Crippen LogP contribution in [0.2, 0.25) is 0 Å². The number of rotatable bonds is 4. The highest BCUT2D eigenvalue weighted by Gasteiger charge is 2.01. The number of hydrogen-bond acceptors (Lipinski definition) is 4. The Balaban J connectivity index is 2.12. The van der Waals surface area contributed by atoms with E-state index >= 15 is 0 Å². The number of nitrogens with zero attached hydrogens (tertiary/aromatic N) is 2. The van der Waals surface area contributed by atoms with Crippen molar-refractivity contribution >= 4 is 5.82 Å². The van der Waals surface area contributed by atoms with Crippen LogP contribution in [0, 0.1) is 5.82 Å². The number of ether oxygens (including phenoxy) is 1. The van der Waals surface area contributed by atoms with E-state index < -0.39 is 0 Å². The maximum absolute atomic E-state index is 12.7. The van der Waals surface area contributed by atoms with Crippen LogP contribution in [0.1, 0.15) is 6.92 Å². The van der Waals surface area contributed by atoms with Gasteiger partial charge in [0, 0.05) is 12.6 Å². The third kappa shape index (κ3) is 3.14. The van der Waals surface area contributed by atoms with E-state index in [2.05, 4.69) is 15.3 Å². The molecule has 0 spiro atoms. The van der Waals surface area contributed by atoms with Crippen molar-refractivity contribution in [3.63, 3.8) is 0 Å². The fourth-order valence-electron chi connectivity index (χ4n) is 1.30. The van der Waals surface area contributed by atoms with Crippen LogP contribution in [0.4, 0.5) is 10.2 Å². The number of nitrogens with one attached hydrogen (secondary N) is 1. The van der Waals surface area contributed by atoms with Crippen LogP contribution in [0.3, 0.4) is 0 Å². The van der Waals surface area contributed by atoms with Crippen molar-refractivity contribution in [2.24, 2.45) is 0 Å². The van der Waals surface area contributed by atoms with Gasteiger partial charge in [-0.25, -0.2) is 14.4 Å². The van der Waals surface area contributed by atoms with Gasteiger partial charge >= 0.3 is 0 Å². The van der Waals surface area contributed by atoms with Gasteiger partial charge in [-0.15, -0.1) is 0 Å². The largest absolute Gasteiger partial charge is 0.439 e. The molecule has 0 aliphatic rings. The van der Waals surface area contributed by atoms with Gasteiger partial charge in [0.25, 0.3) is 0 Å². The van der Waals surface area contributed by atoms with Crippen molar-refractivity contribution in [2.75, 3.05) is 11.9 Å². The number of benzene rings is 1. The minimum Gasteiger partial charge on any atom is -0.439 e. The molecule has 1 heterocycles. The molecule has 5 heteroatoms. The molecule has 1 N–H and O–H groups in total. The molecule has 0 saturated heterocycles. The Labute approximate surface area is 98.5 Å². The van der Waals surface area contributed by atoms with E-state index in [1.165, 1.54) is 18.5 Å². The van der Waals surface area contributed by atoms with Crippen molar-refractivity contribution in [3.8, 4) is 11.6 Å². The summed E-state index contributed by atoms with van der Waals surface area (Å²) < 4.78 is 18.2. The van der Waals surface area contributed by atoms with Crippen LogP contribution >= 0.6 is 0 Å². The summed E-state index contributed by atoms with van der Waals surface area (Å²) in [6.45, 7) is 2.75. The normalized spacial score (nSPS) is 10.0. The number of aromatic nitrogens is 2. The molecule has 2 aromatic rings. The minimum absolute atomic E-state index is 0.298. The van der Waals surface area contributed by atoms with E-state index in [4.69, 9.17) is 4.74 Å². The van der Waals surface area contributed by atoms with Crippen molar-refractivity contribution in [1.82, 2.24) is 9.97 Å². The van der Waals surface area contributed by atoms with Crippen molar-refractivity contribution in [3.05, 3.63) is 42.5 Å². The van der Waals surface area contributed by atoms with Gasteiger partial charge in [0.15, 0.2) is 0 Å². The first-order valence-corrected chi connectivity index (χ1v) is 5.27. The summed E-state index contributed by atoms with van der Waals surface area (Å²) in [4.78, 5) is 7.99. The summed E-state index contributed by atoms with van der Waals surface area (Å²) in [5.41, 5.74) is 0. The Morgan fingerprint density at radius 2 is 2.00 bits per heavy atom. The summed E-state index contributed by atoms with van der Waals surface area (Å²) in [6.07, 6.45) is 1.41. The topological polar surface area (TPSA) is 47.0 Å². The van der Waals surface area contributed by atoms with Crippen molar-refractivity contribution in [2.45, 2.75) is 6.92 Å². The number of halogens is 1. The Morgan fingerprint density at radius 3 is 2.71 bits per heavy atom. The highest BCUT2D eigenvalue weighted by molar-refractivity contribution is 5.38. The predicted octanol–water partition coefficient (Wildman–Crippen LogP) is 2.84. The second kappa shape index (κ2) is 5.25. The lowest BCUT2D eigenvalue weighted by Crippen LogP contribution is -2.00. The van der Waals surface area contributed by atoms with Gasteiger partial charge < -0.3 is 10.1 Å². The van der Waals surface area contributed by atoms with Crippen LogP contribution < -0.4 is 10.1 Å². The summed E-state index contributed by atoms with van der Waals surface area (Å²) in [5.74, 6) is 1.35. The third-order valence-corrected chi connectivity index (χ3v) is 2.04. The second-order valence-corrected chi connectivity index (χ2v) is 3.33. The summed E-state index contributed by atoms with van der Waals surface area (Å²) in [6, 6.07) is 7.45. The molecule has 17 heavy (non-hydrogen) atoms. The lowest BCUT2D eigenvalue weighted by molar-refractivity contribution is 0.460. The lowest BCUT2D eigenvalue weighted by Gasteiger charge is -2.06. The molecule has 0 bridgehead atoms. The molecule has 0 radical (unpaired) electrons. The molecule has 1 aromatic heterocycles. The van der Waals surface area contributed by atoms with Crippen LogP contribution in [0.5, 0.6) is 11.6 Å². The molecule has 4 nitrogen and oxygen atoms in total. The molecule has 0 unspecified atom stereocenters. The Morgan fingerprint density at radius 1 is 1.24 bits per heavy atom. The molecule has 2 rings (SSSR count). The van der Waals surface area contributed by atoms with E-state index in [9.17, 15) is 4.39 Å². The third-order valence-electron chi connectivity index (χ3n) is 2.04. The molecule has 0 aliphatic heterocycles. The van der Waals surface area contributed by atoms with Crippen LogP contribution in [-0.4, -0.2) is 16.5 Å². The number of anilines is 1. The first-order chi connectivity index (χ1) is 8.28. The first kappa shape index (κ1) is 11.3. The van der Waals surface area contributed by atoms with E-state index in [1.54, 1.807) is 18.2 Å². The van der Waals surface area contributed by atoms with Gasteiger partial charge in [0.2, 0.25) is 5.88 Å². The molecule has 88 valence electrons. The standard InChI is InChI=1S/C12H12FN3O/c1-2-14-11-7-12(16-8-15-11)17-10-5-3-9(13)4-6-10/h3-8H,2H2,1H3,(H,14,15,16). The lowest BCUT2D eigenvalue weighted by atomic mass is 10.3. The van der Waals surface area contributed by atoms with Crippen LogP contribution in [0.15, 0.2) is 36.7 Å². The van der Waals surface area contributed by atoms with Crippen LogP contribution in [0.25, 0.3) is 0 Å². The molecule has 0 amide bonds. The molecular formula is C12H12FN3O. The monoisotopic (exact) mass is 233 g/mol. The molecule has 0 aliphatic carbocycles. The van der Waals surface area contributed by atoms with E-state index in [1.807, 2.05) is 6.92 Å². The highest BCUT2D eigenvalue weighted by Crippen LogP contribution is 2.20. The average Bonchev–Trinajstić information content (AvgIpc) is 2.33. The zero-order chi connectivity index (χ0) is 12.1. The van der Waals surface area contributed by atoms with Crippen molar-refractivity contribution < 1.29 is 9.13 Å². The maximum Gasteiger partial charge on any atom is 0.224 e. The van der Waals surface area contributed by atoms with Gasteiger partial charge in [0.1, 0.15) is 23.7 Å². The van der Waals surface area contributed by atoms with Crippen LogP contribution in [-0.2, 0) is 0 Å². The van der Waals surface area contributed by atoms with Gasteiger partial charge in [-0.1, -0.05) is 0 Å². The zero-order valence-corrected chi connectivity index (χ0v) is 9.35. The molecule has 0 atom stereocenters. The quantitative estimate of drug-likeness (QED) is 0.882. The predicted molar refractivity (Wildman–Crippen MR) is 62.7 cm³/mol. The fourth-order valence-corrected chi connectivity index (χ4v) is 1.30.